The predicted octanol–water partition coefficient (Wildman–Crippen LogP) is 6.68. The van der Waals surface area contributed by atoms with Gasteiger partial charge in [-0.2, -0.15) is 0 Å². The first-order chi connectivity index (χ1) is 59.6. The van der Waals surface area contributed by atoms with Gasteiger partial charge in [0.1, 0.15) is 47.6 Å². The van der Waals surface area contributed by atoms with Crippen molar-refractivity contribution in [3.8, 4) is 0 Å². The van der Waals surface area contributed by atoms with Crippen molar-refractivity contribution < 1.29 is 135 Å². The van der Waals surface area contributed by atoms with Gasteiger partial charge in [-0.05, 0) is 113 Å². The third kappa shape index (κ3) is 45.9. The molecule has 0 saturated carbocycles. The summed E-state index contributed by atoms with van der Waals surface area (Å²) in [5, 5.41) is 70.5. The largest absolute Gasteiger partial charge is 0.668 e. The number of aromatic amines is 1. The van der Waals surface area contributed by atoms with E-state index in [2.05, 4.69) is 68.3 Å². The number of aliphatic hydroxyl groups is 3. The maximum Gasteiger partial charge on any atom is 0.325 e. The third-order valence-corrected chi connectivity index (χ3v) is 22.5. The molecule has 0 aliphatic heterocycles. The number of aromatic nitrogens is 1. The zero-order valence-corrected chi connectivity index (χ0v) is 81.3. The standard InChI is InChI=1S/C68H102N13O18.C13H26O2.C12H24O.Y/c1-8-38(6)47(63(93)75-39(7)68(98)99)31-56(87)59(37(4)5)81-61(91)41(18-19-57(88)89)29-54(85)51(26-40-14-10-9-11-15-40)78-65(95)50(22-25-71)76-64(94)49(21-24-70)77-67(97)53(35-83)80-66(96)52(28-43-32-73-48-17-13-12-16-46(43)48)79-62(92)44(34-82)27-45(84)33-74-60(90)42(20-23-69)30-55(86)58(72)36(2)3;1-6-10(2)7-8-11(14)9-12(15)13(3,4)5;1-5-6-7-8-9-10-11(13)12(2,3)4;/h9-17,32,36-39,41-42,44,47,49-53,58-59,72-73,82-83H,8,18-31,33-35,69-71H2,1-7H3,(H,74,90)(H,75,93)(H,76,94)(H,77,97)(H,78,95)(H,79,92)(H,80,96)(H,81,91)(H,88,89)(H,98,99);10-11,14H,6-9H2,1-5H3;5-10H2,1-4H3;/q-1;;;/t38-,39-,41+,42-,44+,47+,49-,50+,51-,52+,53-,58+,59-;10-,11+;;/m00../s1. The number of aliphatic hydroxyl groups excluding tert-OH is 3. The van der Waals surface area contributed by atoms with Gasteiger partial charge in [-0.1, -0.05) is 203 Å². The monoisotopic (exact) mass is 1880 g/mol. The SMILES string of the molecule is CCCCCCCC(=O)C(C)(C)C.CC[C@H](C)CC[C@@H](O)CC(=O)C(C)(C)C.CC[C@H](C)[C@@H](CC(=O)[C@@H](NC(=O)[C@H](CCC(=O)O)CC(=O)[C@H](Cc1ccccc1)NC(=O)[C@@H](CCN)NC(=O)[C@H](CCN)NC(=O)[C@H](CO)NC(=O)[C@@H](Cc1c[nH]c2ccccc12)NC(=O)[C@@H](CO)CC(=O)CNC(=O)[C@@H](CCN)CC(=O)[C@H]([NH-])C(C)C)C(C)C)C(=O)N[C@@H](C)C(=O)O.[Y]. The van der Waals surface area contributed by atoms with Crippen LogP contribution in [0.4, 0.5) is 0 Å². The Kier molecular flexibility index (Phi) is 58.6. The normalized spacial score (nSPS) is 14.9. The summed E-state index contributed by atoms with van der Waals surface area (Å²) in [6.45, 7) is 26.6. The number of hydrogen-bond donors (Lipinski definition) is 17. The second-order valence-corrected chi connectivity index (χ2v) is 36.1. The van der Waals surface area contributed by atoms with Crippen LogP contribution in [0.3, 0.4) is 0 Å². The Hall–Kier alpha value is -8.48. The van der Waals surface area contributed by atoms with Crippen molar-refractivity contribution >= 4 is 105 Å². The molecule has 1 aromatic heterocycles. The molecule has 128 heavy (non-hydrogen) atoms. The second kappa shape index (κ2) is 62.7. The molecule has 0 unspecified atom stereocenters. The van der Waals surface area contributed by atoms with Gasteiger partial charge in [0.2, 0.25) is 47.3 Å². The number of Topliss-reactive ketones (excluding diaryl/α,β-unsaturated/α-hetero) is 6. The van der Waals surface area contributed by atoms with E-state index in [0.29, 0.717) is 46.6 Å². The van der Waals surface area contributed by atoms with E-state index in [1.54, 1.807) is 102 Å². The second-order valence-electron chi connectivity index (χ2n) is 36.1. The van der Waals surface area contributed by atoms with Crippen molar-refractivity contribution in [2.24, 2.45) is 75.4 Å². The Morgan fingerprint density at radius 2 is 0.984 bits per heavy atom. The molecule has 3 rings (SSSR count). The molecule has 0 fully saturated rings. The Morgan fingerprint density at radius 1 is 0.469 bits per heavy atom. The fourth-order valence-electron chi connectivity index (χ4n) is 13.5. The van der Waals surface area contributed by atoms with Crippen molar-refractivity contribution in [1.29, 1.82) is 0 Å². The van der Waals surface area contributed by atoms with Crippen LogP contribution < -0.4 is 59.7 Å². The Balaban J connectivity index is 0.00000471. The van der Waals surface area contributed by atoms with Gasteiger partial charge >= 0.3 is 11.9 Å². The molecule has 0 bridgehead atoms. The topological polar surface area (TPSA) is 588 Å². The van der Waals surface area contributed by atoms with Gasteiger partial charge in [0.25, 0.3) is 0 Å². The Morgan fingerprint density at radius 3 is 1.50 bits per heavy atom. The fourth-order valence-corrected chi connectivity index (χ4v) is 13.5. The van der Waals surface area contributed by atoms with Crippen LogP contribution in [-0.2, 0) is 122 Å². The number of fused-ring (bicyclic) bond motifs is 1. The number of rotatable bonds is 60. The summed E-state index contributed by atoms with van der Waals surface area (Å²) < 4.78 is 0. The molecular formula is C93H152N13O21Y-. The number of benzene rings is 2. The van der Waals surface area contributed by atoms with Crippen LogP contribution in [-0.4, -0.2) is 218 Å². The minimum Gasteiger partial charge on any atom is -0.668 e. The van der Waals surface area contributed by atoms with Gasteiger partial charge in [-0.3, -0.25) is 71.9 Å². The van der Waals surface area contributed by atoms with E-state index >= 15 is 0 Å². The molecule has 15 atom stereocenters. The van der Waals surface area contributed by atoms with Crippen molar-refractivity contribution in [1.82, 2.24) is 47.5 Å². The number of carboxylic acids is 2. The summed E-state index contributed by atoms with van der Waals surface area (Å²) in [6, 6.07) is 3.75. The molecule has 0 saturated heterocycles. The predicted molar refractivity (Wildman–Crippen MR) is 485 cm³/mol. The zero-order chi connectivity index (χ0) is 96.6. The van der Waals surface area contributed by atoms with Crippen molar-refractivity contribution in [3.63, 3.8) is 0 Å². The van der Waals surface area contributed by atoms with Crippen molar-refractivity contribution in [3.05, 3.63) is 77.7 Å². The molecule has 35 heteroatoms. The van der Waals surface area contributed by atoms with Crippen LogP contribution in [0.5, 0.6) is 0 Å². The van der Waals surface area contributed by atoms with E-state index < -0.39 is 224 Å². The van der Waals surface area contributed by atoms with Crippen LogP contribution in [0, 0.1) is 58.2 Å². The summed E-state index contributed by atoms with van der Waals surface area (Å²) in [5.41, 5.74) is 26.9. The molecule has 2 aromatic carbocycles. The molecule has 0 aliphatic carbocycles. The molecule has 1 heterocycles. The van der Waals surface area contributed by atoms with E-state index in [9.17, 15) is 102 Å². The number of ketones is 6. The number of H-pyrrole nitrogens is 1. The number of unbranched alkanes of at least 4 members (excludes halogenated alkanes) is 4. The number of aliphatic carboxylic acids is 2. The molecule has 0 spiro atoms. The summed E-state index contributed by atoms with van der Waals surface area (Å²) in [4.78, 5) is 216. The average molecular weight is 1880 g/mol. The molecule has 0 aliphatic rings. The van der Waals surface area contributed by atoms with Crippen LogP contribution in [0.15, 0.2) is 60.8 Å². The van der Waals surface area contributed by atoms with Gasteiger partial charge in [0, 0.05) is 130 Å². The summed E-state index contributed by atoms with van der Waals surface area (Å²) >= 11 is 0. The first kappa shape index (κ1) is 120. The van der Waals surface area contributed by atoms with Crippen molar-refractivity contribution in [2.45, 2.75) is 306 Å². The third-order valence-electron chi connectivity index (χ3n) is 22.5. The van der Waals surface area contributed by atoms with E-state index in [1.807, 2.05) is 41.5 Å². The first-order valence-corrected chi connectivity index (χ1v) is 44.9. The number of carbonyl (C=O) groups excluding carboxylic acids is 14. The minimum atomic E-state index is -1.83. The van der Waals surface area contributed by atoms with Crippen LogP contribution in [0.2, 0.25) is 0 Å². The molecule has 719 valence electrons. The van der Waals surface area contributed by atoms with Crippen LogP contribution in [0.25, 0.3) is 16.6 Å². The Labute approximate surface area is 781 Å². The number of carbonyl (C=O) groups is 16. The number of carboxylic acid groups (broad SMARTS) is 2. The summed E-state index contributed by atoms with van der Waals surface area (Å²) in [5.74, 6) is -17.4. The molecular weight excluding hydrogens is 1720 g/mol. The zero-order valence-electron chi connectivity index (χ0n) is 78.5. The number of amides is 8. The maximum atomic E-state index is 14.6. The van der Waals surface area contributed by atoms with Crippen molar-refractivity contribution in [2.75, 3.05) is 39.4 Å². The van der Waals surface area contributed by atoms with Gasteiger partial charge in [0.15, 0.2) is 17.3 Å². The molecule has 8 amide bonds. The molecule has 1 radical (unpaired) electrons. The molecule has 3 aromatic rings. The first-order valence-electron chi connectivity index (χ1n) is 44.9. The number of nitrogens with one attached hydrogen (secondary N) is 10. The van der Waals surface area contributed by atoms with Crippen LogP contribution in [0.1, 0.15) is 250 Å². The van der Waals surface area contributed by atoms with E-state index in [0.717, 1.165) is 32.1 Å². The molecule has 34 nitrogen and oxygen atoms in total. The van der Waals surface area contributed by atoms with E-state index in [-0.39, 0.29) is 113 Å². The van der Waals surface area contributed by atoms with Gasteiger partial charge in [-0.15, -0.1) is 0 Å². The summed E-state index contributed by atoms with van der Waals surface area (Å²) in [6.07, 6.45) is 7.81. The average Bonchev–Trinajstić information content (AvgIpc) is 1.68. The Bertz CT molecular complexity index is 3980. The van der Waals surface area contributed by atoms with Gasteiger partial charge in [-0.25, -0.2) is 0 Å². The molecule has 21 N–H and O–H groups in total. The fraction of sp³-hybridized carbons (Fsp3) is 0.677. The van der Waals surface area contributed by atoms with Gasteiger partial charge < -0.3 is 101 Å². The number of hydrogen-bond acceptors (Lipinski definition) is 22. The summed E-state index contributed by atoms with van der Waals surface area (Å²) in [7, 11) is 0. The van der Waals surface area contributed by atoms with E-state index in [1.165, 1.54) is 32.6 Å². The van der Waals surface area contributed by atoms with Crippen LogP contribution >= 0.6 is 0 Å². The van der Waals surface area contributed by atoms with Gasteiger partial charge in [0.05, 0.1) is 43.9 Å². The smallest absolute Gasteiger partial charge is 0.325 e. The quantitative estimate of drug-likeness (QED) is 0.0262. The number of nitrogens with two attached hydrogens (primary N) is 3. The minimum absolute atomic E-state index is 0. The van der Waals surface area contributed by atoms with E-state index in [4.69, 9.17) is 22.9 Å². The number of para-hydroxylation sites is 1. The maximum absolute atomic E-state index is 14.6.